The average Bonchev–Trinajstić information content (AvgIpc) is 0.720. The Bertz CT molecular complexity index is 4570. The molecule has 0 saturated carbocycles. The van der Waals surface area contributed by atoms with Crippen LogP contribution in [0.2, 0.25) is 0 Å². The number of fused-ring (bicyclic) bond motifs is 6. The molecule has 0 heterocycles. The Morgan fingerprint density at radius 1 is 0.182 bits per heavy atom. The predicted molar refractivity (Wildman–Crippen MR) is 500 cm³/mol. The fraction of sp³-hybridized carbons (Fsp3) is 0.444. The lowest BCUT2D eigenvalue weighted by atomic mass is 9.93. The number of carbonyl (C=O) groups is 6. The van der Waals surface area contributed by atoms with Crippen LogP contribution in [0.3, 0.4) is 0 Å². The summed E-state index contributed by atoms with van der Waals surface area (Å²) in [6.45, 7) is 14.1. The minimum atomic E-state index is -1.37. The number of hydrogen-bond acceptors (Lipinski definition) is 18. The van der Waals surface area contributed by atoms with Crippen LogP contribution in [0, 0.1) is 34.9 Å². The van der Waals surface area contributed by atoms with Gasteiger partial charge in [0.25, 0.3) is 0 Å². The molecular weight excluding hydrogens is 1700 g/mol. The van der Waals surface area contributed by atoms with Gasteiger partial charge < -0.3 is 56.8 Å². The summed E-state index contributed by atoms with van der Waals surface area (Å²) in [5.74, 6) is -18.2. The molecule has 0 atom stereocenters. The van der Waals surface area contributed by atoms with Crippen molar-refractivity contribution >= 4 is 68.1 Å². The van der Waals surface area contributed by atoms with Crippen molar-refractivity contribution in [3.8, 4) is 69.0 Å². The monoisotopic (exact) mass is 1820 g/mol. The van der Waals surface area contributed by atoms with Crippen LogP contribution in [0.5, 0.6) is 69.0 Å². The van der Waals surface area contributed by atoms with E-state index in [1.54, 1.807) is 0 Å². The van der Waals surface area contributed by atoms with Crippen LogP contribution in [0.4, 0.5) is 26.3 Å². The van der Waals surface area contributed by atoms with Gasteiger partial charge in [-0.15, -0.1) is 0 Å². The number of benzene rings is 10. The molecule has 0 amide bonds. The standard InChI is InChI=1S/C108H126F6O18/c1-7-13-19-25-31-37-55-121-73-43-49-79(91(109)61-73)103(115)127-97-67-85-86(68-98(97)128-104(116)80-50-44-74(62-92(80)110)122-56-38-32-26-20-14-8-2)88-70-100(130-106(118)82-52-46-76(64-94(82)112)124-58-40-34-28-22-16-10-4)102(132-108(120)84-54-48-78(66-96(84)114)126-60-42-36-30-24-18-12-6)72-90(88)89-71-101(131-107(119)83-53-47-77(65-95(83)113)125-59-41-35-29-23-17-11-5)99(69-87(85)89)129-105(117)81-51-45-75(63-93(81)111)123-57-39-33-27-21-15-9-3/h43-54,61-72H,7-42,55-60H2,1-6H3. The molecule has 10 aromatic rings. The largest absolute Gasteiger partial charge is 0.493 e. The van der Waals surface area contributed by atoms with Crippen LogP contribution in [0.15, 0.2) is 146 Å². The van der Waals surface area contributed by atoms with Crippen molar-refractivity contribution in [1.29, 1.82) is 0 Å². The van der Waals surface area contributed by atoms with E-state index in [9.17, 15) is 28.8 Å². The maximum absolute atomic E-state index is 16.7. The summed E-state index contributed by atoms with van der Waals surface area (Å²) in [6.07, 6.45) is 34.3. The van der Waals surface area contributed by atoms with Gasteiger partial charge in [0.15, 0.2) is 34.5 Å². The van der Waals surface area contributed by atoms with Crippen LogP contribution in [0.1, 0.15) is 335 Å². The van der Waals surface area contributed by atoms with E-state index in [0.29, 0.717) is 38.5 Å². The van der Waals surface area contributed by atoms with Gasteiger partial charge in [-0.3, -0.25) is 0 Å². The lowest BCUT2D eigenvalue weighted by molar-refractivity contribution is 0.0677. The minimum Gasteiger partial charge on any atom is -0.493 e. The number of esters is 6. The molecule has 132 heavy (non-hydrogen) atoms. The van der Waals surface area contributed by atoms with E-state index < -0.39 is 139 Å². The maximum Gasteiger partial charge on any atom is 0.346 e. The van der Waals surface area contributed by atoms with Crippen molar-refractivity contribution in [3.05, 3.63) is 214 Å². The minimum absolute atomic E-state index is 0.0953. The van der Waals surface area contributed by atoms with Gasteiger partial charge in [0.2, 0.25) is 0 Å². The van der Waals surface area contributed by atoms with E-state index in [0.717, 1.165) is 302 Å². The molecule has 10 aromatic carbocycles. The van der Waals surface area contributed by atoms with E-state index >= 15 is 26.3 Å². The normalized spacial score (nSPS) is 11.3. The number of ether oxygens (including phenoxy) is 12. The molecule has 0 N–H and O–H groups in total. The molecule has 0 fully saturated rings. The van der Waals surface area contributed by atoms with Crippen molar-refractivity contribution in [3.63, 3.8) is 0 Å². The van der Waals surface area contributed by atoms with Crippen LogP contribution in [-0.2, 0) is 0 Å². The highest BCUT2D eigenvalue weighted by Crippen LogP contribution is 2.49. The summed E-state index contributed by atoms with van der Waals surface area (Å²) in [4.78, 5) is 89.4. The van der Waals surface area contributed by atoms with Gasteiger partial charge in [0.05, 0.1) is 73.0 Å². The van der Waals surface area contributed by atoms with E-state index in [-0.39, 0.29) is 106 Å². The van der Waals surface area contributed by atoms with Gasteiger partial charge in [-0.1, -0.05) is 234 Å². The second-order valence-electron chi connectivity index (χ2n) is 33.4. The molecule has 0 radical (unpaired) electrons. The molecule has 0 unspecified atom stereocenters. The molecule has 0 aliphatic heterocycles. The maximum atomic E-state index is 16.7. The van der Waals surface area contributed by atoms with Gasteiger partial charge in [-0.25, -0.2) is 55.1 Å². The Balaban J connectivity index is 1.18. The van der Waals surface area contributed by atoms with E-state index in [1.807, 2.05) is 0 Å². The second kappa shape index (κ2) is 54.9. The summed E-state index contributed by atoms with van der Waals surface area (Å²) in [5, 5.41) is -0.676. The number of hydrogen-bond donors (Lipinski definition) is 0. The van der Waals surface area contributed by atoms with E-state index in [2.05, 4.69) is 41.5 Å². The van der Waals surface area contributed by atoms with Crippen LogP contribution >= 0.6 is 0 Å². The summed E-state index contributed by atoms with van der Waals surface area (Å²) in [6, 6.07) is 27.8. The van der Waals surface area contributed by atoms with Crippen molar-refractivity contribution in [2.24, 2.45) is 0 Å². The first-order chi connectivity index (χ1) is 64.2. The van der Waals surface area contributed by atoms with Crippen LogP contribution in [0.25, 0.3) is 32.3 Å². The molecule has 10 rings (SSSR count). The van der Waals surface area contributed by atoms with Gasteiger partial charge in [0, 0.05) is 36.4 Å². The fourth-order valence-electron chi connectivity index (χ4n) is 15.4. The van der Waals surface area contributed by atoms with Gasteiger partial charge >= 0.3 is 35.8 Å². The van der Waals surface area contributed by atoms with Crippen molar-refractivity contribution in [2.75, 3.05) is 39.6 Å². The van der Waals surface area contributed by atoms with Crippen LogP contribution < -0.4 is 56.8 Å². The average molecular weight is 1830 g/mol. The lowest BCUT2D eigenvalue weighted by Gasteiger charge is -2.19. The molecule has 0 bridgehead atoms. The molecule has 0 saturated heterocycles. The Kier molecular flexibility index (Phi) is 42.5. The molecule has 0 spiro atoms. The Hall–Kier alpha value is -11.8. The highest BCUT2D eigenvalue weighted by Gasteiger charge is 2.31. The predicted octanol–water partition coefficient (Wildman–Crippen LogP) is 29.7. The molecule has 0 aromatic heterocycles. The van der Waals surface area contributed by atoms with Gasteiger partial charge in [-0.2, -0.15) is 0 Å². The van der Waals surface area contributed by atoms with Crippen molar-refractivity contribution in [2.45, 2.75) is 273 Å². The number of unbranched alkanes of at least 4 members (excludes halogenated alkanes) is 30. The third-order valence-electron chi connectivity index (χ3n) is 22.9. The topological polar surface area (TPSA) is 213 Å². The molecule has 0 aliphatic rings. The highest BCUT2D eigenvalue weighted by atomic mass is 19.1. The summed E-state index contributed by atoms with van der Waals surface area (Å²) in [5.41, 5.74) is -3.86. The molecule has 18 nitrogen and oxygen atoms in total. The second-order valence-corrected chi connectivity index (χ2v) is 33.4. The summed E-state index contributed by atoms with van der Waals surface area (Å²) < 4.78 is 172. The fourth-order valence-corrected chi connectivity index (χ4v) is 15.4. The first-order valence-electron chi connectivity index (χ1n) is 47.6. The van der Waals surface area contributed by atoms with Crippen molar-refractivity contribution in [1.82, 2.24) is 0 Å². The van der Waals surface area contributed by atoms with Gasteiger partial charge in [0.1, 0.15) is 69.4 Å². The zero-order chi connectivity index (χ0) is 93.9. The Labute approximate surface area is 771 Å². The first kappa shape index (κ1) is 102. The highest BCUT2D eigenvalue weighted by molar-refractivity contribution is 6.27. The third kappa shape index (κ3) is 31.2. The number of rotatable bonds is 60. The van der Waals surface area contributed by atoms with E-state index in [4.69, 9.17) is 56.8 Å². The quantitative estimate of drug-likeness (QED) is 0.0114. The van der Waals surface area contributed by atoms with E-state index in [1.165, 1.54) is 36.4 Å². The van der Waals surface area contributed by atoms with Crippen molar-refractivity contribution < 1.29 is 112 Å². The number of carbonyl (C=O) groups excluding carboxylic acids is 6. The molecule has 24 heteroatoms. The Morgan fingerprint density at radius 2 is 0.311 bits per heavy atom. The zero-order valence-electron chi connectivity index (χ0n) is 77.2. The molecule has 0 aliphatic carbocycles. The lowest BCUT2D eigenvalue weighted by Crippen LogP contribution is -2.15. The zero-order valence-corrected chi connectivity index (χ0v) is 77.2. The number of halogens is 6. The molecular formula is C108H126F6O18. The first-order valence-corrected chi connectivity index (χ1v) is 47.6. The van der Waals surface area contributed by atoms with Crippen LogP contribution in [-0.4, -0.2) is 75.5 Å². The SMILES string of the molecule is CCCCCCCCOc1ccc(C(=O)Oc2cc3c4cc(OC(=O)c5ccc(OCCCCCCCC)cc5F)c(OC(=O)c5ccc(OCCCCCCCC)cc5F)cc4c4cc(OC(=O)c5ccc(OCCCCCCCC)cc5F)c(OC(=O)c5ccc(OCCCCCCCC)cc5F)cc4c3cc2OC(=O)c2ccc(OCCCCCCCC)cc2F)c(F)c1. The summed E-state index contributed by atoms with van der Waals surface area (Å²) >= 11 is 0. The third-order valence-corrected chi connectivity index (χ3v) is 22.9. The van der Waals surface area contributed by atoms with Gasteiger partial charge in [-0.05, 0) is 180 Å². The Morgan fingerprint density at radius 3 is 0.439 bits per heavy atom. The molecule has 708 valence electrons. The smallest absolute Gasteiger partial charge is 0.346 e. The summed E-state index contributed by atoms with van der Waals surface area (Å²) in [7, 11) is 0.